The lowest BCUT2D eigenvalue weighted by Gasteiger charge is -2.16. The van der Waals surface area contributed by atoms with Gasteiger partial charge in [0, 0.05) is 12.1 Å². The molecule has 2 N–H and O–H groups in total. The molecule has 0 saturated carbocycles. The molecule has 1 unspecified atom stereocenters. The van der Waals surface area contributed by atoms with E-state index < -0.39 is 5.82 Å². The number of hydrogen-bond donors (Lipinski definition) is 2. The van der Waals surface area contributed by atoms with E-state index in [9.17, 15) is 9.18 Å². The number of halogens is 1. The second-order valence-corrected chi connectivity index (χ2v) is 4.72. The Morgan fingerprint density at radius 2 is 2.05 bits per heavy atom. The molecule has 0 spiro atoms. The molecule has 106 valence electrons. The summed E-state index contributed by atoms with van der Waals surface area (Å²) in [6, 6.07) is 4.73. The first-order valence-electron chi connectivity index (χ1n) is 6.30. The molecule has 0 aliphatic heterocycles. The van der Waals surface area contributed by atoms with Crippen LogP contribution >= 0.6 is 0 Å². The van der Waals surface area contributed by atoms with Crippen molar-refractivity contribution in [1.29, 1.82) is 0 Å². The zero-order valence-corrected chi connectivity index (χ0v) is 11.8. The second kappa shape index (κ2) is 7.09. The average molecular weight is 268 g/mol. The van der Waals surface area contributed by atoms with E-state index in [1.807, 2.05) is 20.8 Å². The monoisotopic (exact) mass is 268 g/mol. The summed E-state index contributed by atoms with van der Waals surface area (Å²) in [6.45, 7) is 5.95. The number of nitrogens with one attached hydrogen (secondary N) is 2. The molecule has 0 saturated heterocycles. The van der Waals surface area contributed by atoms with Gasteiger partial charge in [0.15, 0.2) is 11.6 Å². The lowest BCUT2D eigenvalue weighted by molar-refractivity contribution is -0.120. The summed E-state index contributed by atoms with van der Waals surface area (Å²) in [7, 11) is 1.43. The predicted octanol–water partition coefficient (Wildman–Crippen LogP) is 2.01. The fraction of sp³-hybridized carbons (Fsp3) is 0.500. The van der Waals surface area contributed by atoms with Gasteiger partial charge in [-0.3, -0.25) is 4.79 Å². The van der Waals surface area contributed by atoms with Crippen molar-refractivity contribution >= 4 is 5.91 Å². The van der Waals surface area contributed by atoms with Gasteiger partial charge in [0.25, 0.3) is 0 Å². The largest absolute Gasteiger partial charge is 0.494 e. The smallest absolute Gasteiger partial charge is 0.234 e. The third-order valence-corrected chi connectivity index (χ3v) is 2.69. The SMILES string of the molecule is COc1cc(C(C)NCC(=O)NC(C)C)ccc1F. The normalized spacial score (nSPS) is 12.3. The molecule has 0 radical (unpaired) electrons. The number of benzene rings is 1. The topological polar surface area (TPSA) is 50.4 Å². The molecule has 1 amide bonds. The van der Waals surface area contributed by atoms with Crippen molar-refractivity contribution in [2.75, 3.05) is 13.7 Å². The molecule has 0 heterocycles. The van der Waals surface area contributed by atoms with Gasteiger partial charge in [-0.25, -0.2) is 4.39 Å². The Morgan fingerprint density at radius 3 is 2.63 bits per heavy atom. The molecule has 5 heteroatoms. The van der Waals surface area contributed by atoms with Crippen LogP contribution in [0.2, 0.25) is 0 Å². The molecule has 0 aromatic heterocycles. The van der Waals surface area contributed by atoms with Crippen LogP contribution in [0.4, 0.5) is 4.39 Å². The van der Waals surface area contributed by atoms with Crippen molar-refractivity contribution in [3.05, 3.63) is 29.6 Å². The van der Waals surface area contributed by atoms with Crippen LogP contribution in [0, 0.1) is 5.82 Å². The van der Waals surface area contributed by atoms with Gasteiger partial charge in [-0.15, -0.1) is 0 Å². The van der Waals surface area contributed by atoms with Crippen molar-refractivity contribution in [3.63, 3.8) is 0 Å². The van der Waals surface area contributed by atoms with Gasteiger partial charge < -0.3 is 15.4 Å². The Balaban J connectivity index is 2.58. The molecule has 4 nitrogen and oxygen atoms in total. The Bertz CT molecular complexity index is 435. The summed E-state index contributed by atoms with van der Waals surface area (Å²) in [4.78, 5) is 11.5. The average Bonchev–Trinajstić information content (AvgIpc) is 2.35. The maximum atomic E-state index is 13.3. The third kappa shape index (κ3) is 4.87. The zero-order chi connectivity index (χ0) is 14.4. The van der Waals surface area contributed by atoms with E-state index in [0.717, 1.165) is 5.56 Å². The molecule has 1 rings (SSSR count). The van der Waals surface area contributed by atoms with E-state index >= 15 is 0 Å². The van der Waals surface area contributed by atoms with E-state index in [2.05, 4.69) is 10.6 Å². The molecule has 1 atom stereocenters. The van der Waals surface area contributed by atoms with E-state index in [-0.39, 0.29) is 30.3 Å². The Morgan fingerprint density at radius 1 is 1.37 bits per heavy atom. The van der Waals surface area contributed by atoms with E-state index in [4.69, 9.17) is 4.74 Å². The van der Waals surface area contributed by atoms with E-state index in [1.165, 1.54) is 13.2 Å². The van der Waals surface area contributed by atoms with Crippen molar-refractivity contribution in [1.82, 2.24) is 10.6 Å². The quantitative estimate of drug-likeness (QED) is 0.829. The number of ether oxygens (including phenoxy) is 1. The molecule has 1 aromatic rings. The standard InChI is InChI=1S/C14H21FN2O2/c1-9(2)17-14(18)8-16-10(3)11-5-6-12(15)13(7-11)19-4/h5-7,9-10,16H,8H2,1-4H3,(H,17,18). The van der Waals surface area contributed by atoms with Crippen molar-refractivity contribution < 1.29 is 13.9 Å². The summed E-state index contributed by atoms with van der Waals surface area (Å²) >= 11 is 0. The highest BCUT2D eigenvalue weighted by Crippen LogP contribution is 2.22. The Labute approximate surface area is 113 Å². The van der Waals surface area contributed by atoms with E-state index in [1.54, 1.807) is 12.1 Å². The van der Waals surface area contributed by atoms with E-state index in [0.29, 0.717) is 0 Å². The number of hydrogen-bond acceptors (Lipinski definition) is 3. The van der Waals surface area contributed by atoms with Gasteiger partial charge in [-0.2, -0.15) is 0 Å². The first kappa shape index (κ1) is 15.4. The van der Waals surface area contributed by atoms with Crippen molar-refractivity contribution in [2.24, 2.45) is 0 Å². The van der Waals surface area contributed by atoms with Crippen LogP contribution in [0.25, 0.3) is 0 Å². The summed E-state index contributed by atoms with van der Waals surface area (Å²) < 4.78 is 18.2. The lowest BCUT2D eigenvalue weighted by atomic mass is 10.1. The molecule has 0 aliphatic carbocycles. The molecular weight excluding hydrogens is 247 g/mol. The fourth-order valence-electron chi connectivity index (χ4n) is 1.68. The van der Waals surface area contributed by atoms with Crippen molar-refractivity contribution in [2.45, 2.75) is 32.9 Å². The lowest BCUT2D eigenvalue weighted by Crippen LogP contribution is -2.38. The highest BCUT2D eigenvalue weighted by Gasteiger charge is 2.11. The molecular formula is C14H21FN2O2. The number of methoxy groups -OCH3 is 1. The van der Waals surface area contributed by atoms with Gasteiger partial charge >= 0.3 is 0 Å². The third-order valence-electron chi connectivity index (χ3n) is 2.69. The van der Waals surface area contributed by atoms with Crippen LogP contribution in [-0.2, 0) is 4.79 Å². The summed E-state index contributed by atoms with van der Waals surface area (Å²) in [5.41, 5.74) is 0.871. The first-order valence-corrected chi connectivity index (χ1v) is 6.30. The maximum Gasteiger partial charge on any atom is 0.234 e. The minimum atomic E-state index is -0.393. The van der Waals surface area contributed by atoms with Gasteiger partial charge in [-0.05, 0) is 38.5 Å². The van der Waals surface area contributed by atoms with Gasteiger partial charge in [0.1, 0.15) is 0 Å². The van der Waals surface area contributed by atoms with Crippen LogP contribution in [0.5, 0.6) is 5.75 Å². The highest BCUT2D eigenvalue weighted by molar-refractivity contribution is 5.78. The van der Waals surface area contributed by atoms with Crippen LogP contribution in [-0.4, -0.2) is 25.6 Å². The number of rotatable bonds is 6. The summed E-state index contributed by atoms with van der Waals surface area (Å²) in [6.07, 6.45) is 0. The molecule has 0 aliphatic rings. The predicted molar refractivity (Wildman–Crippen MR) is 72.6 cm³/mol. The Kier molecular flexibility index (Phi) is 5.76. The minimum Gasteiger partial charge on any atom is -0.494 e. The molecule has 1 aromatic carbocycles. The van der Waals surface area contributed by atoms with Gasteiger partial charge in [0.05, 0.1) is 13.7 Å². The van der Waals surface area contributed by atoms with Gasteiger partial charge in [-0.1, -0.05) is 6.07 Å². The molecule has 19 heavy (non-hydrogen) atoms. The highest BCUT2D eigenvalue weighted by atomic mass is 19.1. The van der Waals surface area contributed by atoms with Crippen LogP contribution in [0.1, 0.15) is 32.4 Å². The van der Waals surface area contributed by atoms with Crippen LogP contribution in [0.15, 0.2) is 18.2 Å². The number of amides is 1. The second-order valence-electron chi connectivity index (χ2n) is 4.72. The fourth-order valence-corrected chi connectivity index (χ4v) is 1.68. The first-order chi connectivity index (χ1) is 8.93. The van der Waals surface area contributed by atoms with Crippen LogP contribution < -0.4 is 15.4 Å². The van der Waals surface area contributed by atoms with Crippen molar-refractivity contribution in [3.8, 4) is 5.75 Å². The summed E-state index contributed by atoms with van der Waals surface area (Å²) in [5.74, 6) is -0.246. The Hall–Kier alpha value is -1.62. The molecule has 0 fully saturated rings. The summed E-state index contributed by atoms with van der Waals surface area (Å²) in [5, 5.41) is 5.88. The minimum absolute atomic E-state index is 0.0593. The molecule has 0 bridgehead atoms. The van der Waals surface area contributed by atoms with Gasteiger partial charge in [0.2, 0.25) is 5.91 Å². The number of carbonyl (C=O) groups excluding carboxylic acids is 1. The van der Waals surface area contributed by atoms with Crippen LogP contribution in [0.3, 0.4) is 0 Å². The number of carbonyl (C=O) groups is 1. The zero-order valence-electron chi connectivity index (χ0n) is 11.8. The maximum absolute atomic E-state index is 13.3.